The fourth-order valence-corrected chi connectivity index (χ4v) is 3.20. The molecule has 1 aliphatic rings. The third-order valence-electron chi connectivity index (χ3n) is 4.02. The molecule has 0 saturated heterocycles. The molecule has 0 aliphatic heterocycles. The predicted molar refractivity (Wildman–Crippen MR) is 82.3 cm³/mol. The second-order valence-electron chi connectivity index (χ2n) is 5.23. The second-order valence-corrected chi connectivity index (χ2v) is 5.79. The summed E-state index contributed by atoms with van der Waals surface area (Å²) in [5.41, 5.74) is 1.21. The number of hydrogen-bond acceptors (Lipinski definition) is 2. The Morgan fingerprint density at radius 1 is 1.21 bits per heavy atom. The van der Waals surface area contributed by atoms with E-state index in [-0.39, 0.29) is 0 Å². The largest absolute Gasteiger partial charge is 0.493 e. The Bertz CT molecular complexity index is 406. The Morgan fingerprint density at radius 2 is 2.00 bits per heavy atom. The molecule has 0 aromatic heterocycles. The molecule has 0 amide bonds. The molecule has 0 spiro atoms. The number of halogens is 1. The lowest BCUT2D eigenvalue weighted by Gasteiger charge is -2.31. The first-order valence-electron chi connectivity index (χ1n) is 7.18. The maximum absolute atomic E-state index is 6.24. The number of ether oxygens (including phenoxy) is 2. The van der Waals surface area contributed by atoms with Crippen LogP contribution in [0.25, 0.3) is 0 Å². The Hall–Kier alpha value is -0.700. The summed E-state index contributed by atoms with van der Waals surface area (Å²) in [7, 11) is 1.71. The van der Waals surface area contributed by atoms with Crippen molar-refractivity contribution in [3.63, 3.8) is 0 Å². The highest BCUT2D eigenvalue weighted by atomic mass is 79.9. The number of rotatable bonds is 5. The van der Waals surface area contributed by atoms with Crippen molar-refractivity contribution in [2.24, 2.45) is 5.92 Å². The molecule has 2 unspecified atom stereocenters. The number of alkyl halides is 1. The van der Waals surface area contributed by atoms with Gasteiger partial charge in [-0.25, -0.2) is 0 Å². The lowest BCUT2D eigenvalue weighted by atomic mass is 9.85. The second kappa shape index (κ2) is 7.18. The molecule has 106 valence electrons. The lowest BCUT2D eigenvalue weighted by molar-refractivity contribution is 0.0873. The summed E-state index contributed by atoms with van der Waals surface area (Å²) in [4.78, 5) is 0. The zero-order chi connectivity index (χ0) is 13.7. The summed E-state index contributed by atoms with van der Waals surface area (Å²) < 4.78 is 11.7. The van der Waals surface area contributed by atoms with Crippen molar-refractivity contribution in [1.29, 1.82) is 0 Å². The van der Waals surface area contributed by atoms with Gasteiger partial charge in [-0.1, -0.05) is 35.3 Å². The zero-order valence-electron chi connectivity index (χ0n) is 11.8. The zero-order valence-corrected chi connectivity index (χ0v) is 13.4. The third-order valence-corrected chi connectivity index (χ3v) is 4.67. The molecule has 1 fully saturated rings. The normalized spacial score (nSPS) is 23.1. The van der Waals surface area contributed by atoms with E-state index < -0.39 is 0 Å². The average Bonchev–Trinajstić information content (AvgIpc) is 2.48. The summed E-state index contributed by atoms with van der Waals surface area (Å²) in [6.45, 7) is 2.26. The number of methoxy groups -OCH3 is 1. The molecule has 2 rings (SSSR count). The van der Waals surface area contributed by atoms with Crippen LogP contribution in [0.3, 0.4) is 0 Å². The SMILES string of the molecule is CCC1CCCCC1Oc1ccc(CBr)cc1OC. The highest BCUT2D eigenvalue weighted by Crippen LogP contribution is 2.35. The van der Waals surface area contributed by atoms with Crippen LogP contribution >= 0.6 is 15.9 Å². The van der Waals surface area contributed by atoms with Crippen molar-refractivity contribution in [1.82, 2.24) is 0 Å². The molecule has 1 aromatic rings. The summed E-state index contributed by atoms with van der Waals surface area (Å²) in [6, 6.07) is 6.18. The van der Waals surface area contributed by atoms with Gasteiger partial charge in [0.05, 0.1) is 7.11 Å². The molecule has 1 aromatic carbocycles. The van der Waals surface area contributed by atoms with Crippen LogP contribution in [0.1, 0.15) is 44.6 Å². The first kappa shape index (κ1) is 14.7. The van der Waals surface area contributed by atoms with Crippen molar-refractivity contribution in [2.45, 2.75) is 50.5 Å². The molecule has 2 atom stereocenters. The van der Waals surface area contributed by atoms with E-state index in [4.69, 9.17) is 9.47 Å². The minimum atomic E-state index is 0.350. The van der Waals surface area contributed by atoms with Gasteiger partial charge in [0.15, 0.2) is 11.5 Å². The van der Waals surface area contributed by atoms with E-state index in [1.165, 1.54) is 37.7 Å². The predicted octanol–water partition coefficient (Wildman–Crippen LogP) is 4.94. The van der Waals surface area contributed by atoms with Crippen molar-refractivity contribution in [2.75, 3.05) is 7.11 Å². The highest BCUT2D eigenvalue weighted by molar-refractivity contribution is 9.08. The highest BCUT2D eigenvalue weighted by Gasteiger charge is 2.26. The Balaban J connectivity index is 2.12. The molecule has 0 radical (unpaired) electrons. The molecule has 1 aliphatic carbocycles. The molecule has 0 bridgehead atoms. The van der Waals surface area contributed by atoms with Crippen molar-refractivity contribution >= 4 is 15.9 Å². The van der Waals surface area contributed by atoms with Crippen LogP contribution in [0.2, 0.25) is 0 Å². The van der Waals surface area contributed by atoms with E-state index in [9.17, 15) is 0 Å². The molecule has 0 N–H and O–H groups in total. The van der Waals surface area contributed by atoms with Gasteiger partial charge < -0.3 is 9.47 Å². The average molecular weight is 327 g/mol. The maximum atomic E-state index is 6.24. The third kappa shape index (κ3) is 3.65. The van der Waals surface area contributed by atoms with Crippen LogP contribution in [0.15, 0.2) is 18.2 Å². The van der Waals surface area contributed by atoms with Crippen molar-refractivity contribution in [3.8, 4) is 11.5 Å². The van der Waals surface area contributed by atoms with Gasteiger partial charge in [-0.15, -0.1) is 0 Å². The van der Waals surface area contributed by atoms with Crippen LogP contribution in [-0.2, 0) is 5.33 Å². The van der Waals surface area contributed by atoms with Crippen LogP contribution in [0, 0.1) is 5.92 Å². The fraction of sp³-hybridized carbons (Fsp3) is 0.625. The van der Waals surface area contributed by atoms with Crippen molar-refractivity contribution in [3.05, 3.63) is 23.8 Å². The number of hydrogen-bond donors (Lipinski definition) is 0. The molecular weight excluding hydrogens is 304 g/mol. The Labute approximate surface area is 124 Å². The van der Waals surface area contributed by atoms with Crippen LogP contribution in [0.5, 0.6) is 11.5 Å². The van der Waals surface area contributed by atoms with Crippen LogP contribution < -0.4 is 9.47 Å². The van der Waals surface area contributed by atoms with Gasteiger partial charge in [0, 0.05) is 5.33 Å². The molecular formula is C16H23BrO2. The quantitative estimate of drug-likeness (QED) is 0.713. The fourth-order valence-electron chi connectivity index (χ4n) is 2.85. The van der Waals surface area contributed by atoms with Gasteiger partial charge in [0.2, 0.25) is 0 Å². The lowest BCUT2D eigenvalue weighted by Crippen LogP contribution is -2.30. The smallest absolute Gasteiger partial charge is 0.161 e. The van der Waals surface area contributed by atoms with E-state index in [2.05, 4.69) is 28.9 Å². The van der Waals surface area contributed by atoms with Gasteiger partial charge in [-0.2, -0.15) is 0 Å². The van der Waals surface area contributed by atoms with Crippen LogP contribution in [-0.4, -0.2) is 13.2 Å². The van der Waals surface area contributed by atoms with E-state index >= 15 is 0 Å². The van der Waals surface area contributed by atoms with E-state index in [0.717, 1.165) is 16.8 Å². The summed E-state index contributed by atoms with van der Waals surface area (Å²) in [5, 5.41) is 0.838. The summed E-state index contributed by atoms with van der Waals surface area (Å²) in [6.07, 6.45) is 6.64. The van der Waals surface area contributed by atoms with Gasteiger partial charge in [-0.3, -0.25) is 0 Å². The maximum Gasteiger partial charge on any atom is 0.161 e. The summed E-state index contributed by atoms with van der Waals surface area (Å²) >= 11 is 3.47. The van der Waals surface area contributed by atoms with E-state index in [1.54, 1.807) is 7.11 Å². The minimum Gasteiger partial charge on any atom is -0.493 e. The first-order chi connectivity index (χ1) is 9.28. The topological polar surface area (TPSA) is 18.5 Å². The van der Waals surface area contributed by atoms with E-state index in [1.807, 2.05) is 12.1 Å². The standard InChI is InChI=1S/C16H23BrO2/c1-3-13-6-4-5-7-14(13)19-15-9-8-12(11-17)10-16(15)18-2/h8-10,13-14H,3-7,11H2,1-2H3. The minimum absolute atomic E-state index is 0.350. The molecule has 1 saturated carbocycles. The van der Waals surface area contributed by atoms with Crippen LogP contribution in [0.4, 0.5) is 0 Å². The first-order valence-corrected chi connectivity index (χ1v) is 8.30. The van der Waals surface area contributed by atoms with Crippen molar-refractivity contribution < 1.29 is 9.47 Å². The Morgan fingerprint density at radius 3 is 2.68 bits per heavy atom. The van der Waals surface area contributed by atoms with Gasteiger partial charge in [-0.05, 0) is 49.3 Å². The molecule has 19 heavy (non-hydrogen) atoms. The van der Waals surface area contributed by atoms with E-state index in [0.29, 0.717) is 12.0 Å². The van der Waals surface area contributed by atoms with Gasteiger partial charge in [0.1, 0.15) is 6.10 Å². The molecule has 2 nitrogen and oxygen atoms in total. The van der Waals surface area contributed by atoms with Gasteiger partial charge >= 0.3 is 0 Å². The Kier molecular flexibility index (Phi) is 5.56. The molecule has 3 heteroatoms. The summed E-state index contributed by atoms with van der Waals surface area (Å²) in [5.74, 6) is 2.42. The van der Waals surface area contributed by atoms with Gasteiger partial charge in [0.25, 0.3) is 0 Å². The number of benzene rings is 1. The monoisotopic (exact) mass is 326 g/mol. The molecule has 0 heterocycles.